The zero-order chi connectivity index (χ0) is 12.1. The van der Waals surface area contributed by atoms with Gasteiger partial charge in [0.2, 0.25) is 0 Å². The lowest BCUT2D eigenvalue weighted by molar-refractivity contribution is -0.0373. The first kappa shape index (κ1) is 13.7. The van der Waals surface area contributed by atoms with Crippen molar-refractivity contribution >= 4 is 11.8 Å². The third-order valence-electron chi connectivity index (χ3n) is 3.73. The predicted molar refractivity (Wildman–Crippen MR) is 74.8 cm³/mol. The second-order valence-electron chi connectivity index (χ2n) is 5.47. The molecule has 0 radical (unpaired) electrons. The van der Waals surface area contributed by atoms with E-state index in [1.54, 1.807) is 0 Å². The summed E-state index contributed by atoms with van der Waals surface area (Å²) in [4.78, 5) is 2.52. The van der Waals surface area contributed by atoms with Gasteiger partial charge in [-0.05, 0) is 44.2 Å². The summed E-state index contributed by atoms with van der Waals surface area (Å²) >= 11 is 2.09. The van der Waals surface area contributed by atoms with Crippen molar-refractivity contribution in [1.29, 1.82) is 0 Å². The van der Waals surface area contributed by atoms with E-state index in [0.717, 1.165) is 32.2 Å². The van der Waals surface area contributed by atoms with E-state index in [-0.39, 0.29) is 0 Å². The third-order valence-corrected chi connectivity index (χ3v) is 4.96. The van der Waals surface area contributed by atoms with Crippen LogP contribution in [0.5, 0.6) is 0 Å². The molecule has 17 heavy (non-hydrogen) atoms. The average molecular weight is 258 g/mol. The van der Waals surface area contributed by atoms with Crippen LogP contribution in [-0.4, -0.2) is 61.3 Å². The van der Waals surface area contributed by atoms with Crippen molar-refractivity contribution in [3.05, 3.63) is 0 Å². The summed E-state index contributed by atoms with van der Waals surface area (Å²) in [7, 11) is 0. The number of rotatable bonds is 5. The molecule has 2 saturated heterocycles. The Morgan fingerprint density at radius 2 is 2.29 bits per heavy atom. The molecule has 0 aromatic carbocycles. The summed E-state index contributed by atoms with van der Waals surface area (Å²) in [5, 5.41) is 3.59. The zero-order valence-corrected chi connectivity index (χ0v) is 12.0. The minimum atomic E-state index is 0.389. The van der Waals surface area contributed by atoms with E-state index in [4.69, 9.17) is 4.74 Å². The highest BCUT2D eigenvalue weighted by Gasteiger charge is 2.22. The Hall–Kier alpha value is 0.230. The number of nitrogens with zero attached hydrogens (tertiary/aromatic N) is 1. The van der Waals surface area contributed by atoms with Crippen LogP contribution < -0.4 is 5.32 Å². The van der Waals surface area contributed by atoms with Crippen molar-refractivity contribution in [2.45, 2.75) is 32.4 Å². The Balaban J connectivity index is 1.61. The number of hydrogen-bond donors (Lipinski definition) is 1. The highest BCUT2D eigenvalue weighted by molar-refractivity contribution is 7.99. The van der Waals surface area contributed by atoms with Crippen LogP contribution in [0.15, 0.2) is 0 Å². The number of thioether (sulfide) groups is 1. The maximum absolute atomic E-state index is 5.81. The largest absolute Gasteiger partial charge is 0.374 e. The standard InChI is InChI=1S/C13H26N2OS/c1-11(2)15-4-5-16-13(9-15)8-14-7-12-3-6-17-10-12/h11-14H,3-10H2,1-2H3. The molecule has 0 aliphatic carbocycles. The summed E-state index contributed by atoms with van der Waals surface area (Å²) in [6, 6.07) is 0.646. The van der Waals surface area contributed by atoms with Crippen LogP contribution in [0.4, 0.5) is 0 Å². The van der Waals surface area contributed by atoms with E-state index in [1.165, 1.54) is 24.5 Å². The second-order valence-corrected chi connectivity index (χ2v) is 6.62. The van der Waals surface area contributed by atoms with Gasteiger partial charge < -0.3 is 10.1 Å². The molecular formula is C13H26N2OS. The van der Waals surface area contributed by atoms with Gasteiger partial charge in [0.05, 0.1) is 12.7 Å². The van der Waals surface area contributed by atoms with Crippen LogP contribution >= 0.6 is 11.8 Å². The molecule has 0 bridgehead atoms. The topological polar surface area (TPSA) is 24.5 Å². The minimum absolute atomic E-state index is 0.389. The first-order valence-electron chi connectivity index (χ1n) is 6.90. The van der Waals surface area contributed by atoms with Gasteiger partial charge in [-0.3, -0.25) is 4.90 Å². The van der Waals surface area contributed by atoms with Gasteiger partial charge in [0.1, 0.15) is 0 Å². The summed E-state index contributed by atoms with van der Waals surface area (Å²) in [5.41, 5.74) is 0. The third kappa shape index (κ3) is 4.43. The monoisotopic (exact) mass is 258 g/mol. The molecule has 2 aliphatic heterocycles. The van der Waals surface area contributed by atoms with Crippen molar-refractivity contribution in [1.82, 2.24) is 10.2 Å². The molecule has 0 aromatic rings. The molecule has 3 nitrogen and oxygen atoms in total. The predicted octanol–water partition coefficient (Wildman–Crippen LogP) is 1.44. The fourth-order valence-electron chi connectivity index (χ4n) is 2.53. The Morgan fingerprint density at radius 3 is 3.00 bits per heavy atom. The molecule has 0 saturated carbocycles. The number of morpholine rings is 1. The molecule has 2 heterocycles. The van der Waals surface area contributed by atoms with Crippen molar-refractivity contribution in [3.8, 4) is 0 Å². The Morgan fingerprint density at radius 1 is 1.41 bits per heavy atom. The molecule has 4 heteroatoms. The van der Waals surface area contributed by atoms with E-state index in [1.807, 2.05) is 0 Å². The second kappa shape index (κ2) is 6.98. The van der Waals surface area contributed by atoms with E-state index in [9.17, 15) is 0 Å². The fraction of sp³-hybridized carbons (Fsp3) is 1.00. The number of nitrogens with one attached hydrogen (secondary N) is 1. The van der Waals surface area contributed by atoms with Crippen LogP contribution in [0, 0.1) is 5.92 Å². The summed E-state index contributed by atoms with van der Waals surface area (Å²) in [6.45, 7) is 9.80. The lowest BCUT2D eigenvalue weighted by Crippen LogP contribution is -2.49. The molecule has 1 N–H and O–H groups in total. The lowest BCUT2D eigenvalue weighted by Gasteiger charge is -2.35. The normalized spacial score (nSPS) is 31.2. The number of hydrogen-bond acceptors (Lipinski definition) is 4. The molecule has 2 unspecified atom stereocenters. The molecule has 100 valence electrons. The maximum Gasteiger partial charge on any atom is 0.0826 e. The minimum Gasteiger partial charge on any atom is -0.374 e. The molecule has 2 fully saturated rings. The van der Waals surface area contributed by atoms with Gasteiger partial charge in [-0.25, -0.2) is 0 Å². The molecule has 2 rings (SSSR count). The quantitative estimate of drug-likeness (QED) is 0.806. The molecular weight excluding hydrogens is 232 g/mol. The number of ether oxygens (including phenoxy) is 1. The first-order valence-corrected chi connectivity index (χ1v) is 8.05. The average Bonchev–Trinajstić information content (AvgIpc) is 2.82. The van der Waals surface area contributed by atoms with Gasteiger partial charge in [0.25, 0.3) is 0 Å². The van der Waals surface area contributed by atoms with Gasteiger partial charge in [0.15, 0.2) is 0 Å². The van der Waals surface area contributed by atoms with Crippen LogP contribution in [-0.2, 0) is 4.74 Å². The smallest absolute Gasteiger partial charge is 0.0826 e. The fourth-order valence-corrected chi connectivity index (χ4v) is 3.81. The van der Waals surface area contributed by atoms with Gasteiger partial charge >= 0.3 is 0 Å². The van der Waals surface area contributed by atoms with Crippen molar-refractivity contribution in [2.24, 2.45) is 5.92 Å². The molecule has 0 aromatic heterocycles. The van der Waals surface area contributed by atoms with Crippen molar-refractivity contribution in [3.63, 3.8) is 0 Å². The zero-order valence-electron chi connectivity index (χ0n) is 11.2. The van der Waals surface area contributed by atoms with E-state index >= 15 is 0 Å². The van der Waals surface area contributed by atoms with E-state index in [2.05, 4.69) is 35.8 Å². The van der Waals surface area contributed by atoms with Crippen LogP contribution in [0.25, 0.3) is 0 Å². The first-order chi connectivity index (χ1) is 8.25. The SMILES string of the molecule is CC(C)N1CCOC(CNCC2CCSC2)C1. The molecule has 0 spiro atoms. The van der Waals surface area contributed by atoms with Crippen LogP contribution in [0.3, 0.4) is 0 Å². The Kier molecular flexibility index (Phi) is 5.60. The summed E-state index contributed by atoms with van der Waals surface area (Å²) in [6.07, 6.45) is 1.78. The Labute approximate surface area is 110 Å². The maximum atomic E-state index is 5.81. The van der Waals surface area contributed by atoms with Crippen molar-refractivity contribution < 1.29 is 4.74 Å². The highest BCUT2D eigenvalue weighted by Crippen LogP contribution is 2.22. The van der Waals surface area contributed by atoms with Crippen molar-refractivity contribution in [2.75, 3.05) is 44.3 Å². The van der Waals surface area contributed by atoms with Gasteiger partial charge in [-0.2, -0.15) is 11.8 Å². The van der Waals surface area contributed by atoms with E-state index in [0.29, 0.717) is 12.1 Å². The molecule has 2 aliphatic rings. The Bertz CT molecular complexity index is 219. The highest BCUT2D eigenvalue weighted by atomic mass is 32.2. The van der Waals surface area contributed by atoms with Gasteiger partial charge in [-0.15, -0.1) is 0 Å². The van der Waals surface area contributed by atoms with Gasteiger partial charge in [-0.1, -0.05) is 0 Å². The lowest BCUT2D eigenvalue weighted by atomic mass is 10.1. The summed E-state index contributed by atoms with van der Waals surface area (Å²) < 4.78 is 5.81. The van der Waals surface area contributed by atoms with Crippen LogP contribution in [0.1, 0.15) is 20.3 Å². The molecule has 0 amide bonds. The van der Waals surface area contributed by atoms with Gasteiger partial charge in [0, 0.05) is 25.7 Å². The molecule has 2 atom stereocenters. The summed E-state index contributed by atoms with van der Waals surface area (Å²) in [5.74, 6) is 3.59. The van der Waals surface area contributed by atoms with Crippen LogP contribution in [0.2, 0.25) is 0 Å². The van der Waals surface area contributed by atoms with E-state index < -0.39 is 0 Å².